The van der Waals surface area contributed by atoms with Gasteiger partial charge < -0.3 is 10.6 Å². The Morgan fingerprint density at radius 2 is 1.55 bits per heavy atom. The lowest BCUT2D eigenvalue weighted by atomic mass is 10.2. The van der Waals surface area contributed by atoms with E-state index in [0.717, 1.165) is 11.1 Å². The molecule has 0 saturated carbocycles. The lowest BCUT2D eigenvalue weighted by molar-refractivity contribution is -0.120. The van der Waals surface area contributed by atoms with Crippen molar-refractivity contribution < 1.29 is 4.79 Å². The van der Waals surface area contributed by atoms with E-state index < -0.39 is 0 Å². The van der Waals surface area contributed by atoms with Crippen molar-refractivity contribution in [1.29, 1.82) is 0 Å². The third kappa shape index (κ3) is 5.03. The van der Waals surface area contributed by atoms with Gasteiger partial charge in [-0.3, -0.25) is 4.79 Å². The van der Waals surface area contributed by atoms with Gasteiger partial charge in [0.05, 0.1) is 6.54 Å². The molecule has 4 heteroatoms. The average Bonchev–Trinajstić information content (AvgIpc) is 2.48. The molecule has 0 aliphatic heterocycles. The van der Waals surface area contributed by atoms with Gasteiger partial charge in [0.2, 0.25) is 5.91 Å². The van der Waals surface area contributed by atoms with Crippen LogP contribution in [0.25, 0.3) is 0 Å². The van der Waals surface area contributed by atoms with Crippen LogP contribution in [-0.2, 0) is 17.9 Å². The highest BCUT2D eigenvalue weighted by Gasteiger charge is 2.01. The second-order valence-corrected chi connectivity index (χ2v) is 4.93. The van der Waals surface area contributed by atoms with Crippen LogP contribution in [0.4, 0.5) is 0 Å². The van der Waals surface area contributed by atoms with Crippen LogP contribution in [0, 0.1) is 0 Å². The van der Waals surface area contributed by atoms with E-state index in [4.69, 9.17) is 11.6 Å². The maximum atomic E-state index is 11.7. The van der Waals surface area contributed by atoms with E-state index in [1.54, 1.807) is 0 Å². The number of carbonyl (C=O) groups excluding carboxylic acids is 1. The van der Waals surface area contributed by atoms with Gasteiger partial charge in [-0.15, -0.1) is 0 Å². The van der Waals surface area contributed by atoms with E-state index in [1.165, 1.54) is 0 Å². The van der Waals surface area contributed by atoms with Crippen LogP contribution in [0.3, 0.4) is 0 Å². The van der Waals surface area contributed by atoms with Crippen LogP contribution in [0.1, 0.15) is 11.1 Å². The number of benzene rings is 2. The van der Waals surface area contributed by atoms with Gasteiger partial charge in [-0.1, -0.05) is 54.1 Å². The molecule has 0 heterocycles. The smallest absolute Gasteiger partial charge is 0.234 e. The van der Waals surface area contributed by atoms with E-state index >= 15 is 0 Å². The van der Waals surface area contributed by atoms with Gasteiger partial charge in [0.25, 0.3) is 0 Å². The fourth-order valence-corrected chi connectivity index (χ4v) is 1.91. The first kappa shape index (κ1) is 14.6. The number of halogens is 1. The van der Waals surface area contributed by atoms with Gasteiger partial charge >= 0.3 is 0 Å². The summed E-state index contributed by atoms with van der Waals surface area (Å²) < 4.78 is 0. The Morgan fingerprint density at radius 1 is 0.900 bits per heavy atom. The van der Waals surface area contributed by atoms with Crippen LogP contribution in [0.5, 0.6) is 0 Å². The van der Waals surface area contributed by atoms with Crippen LogP contribution >= 0.6 is 11.6 Å². The number of rotatable bonds is 6. The van der Waals surface area contributed by atoms with E-state index in [9.17, 15) is 4.79 Å². The van der Waals surface area contributed by atoms with Crippen molar-refractivity contribution in [2.45, 2.75) is 13.1 Å². The molecule has 2 rings (SSSR count). The summed E-state index contributed by atoms with van der Waals surface area (Å²) in [5, 5.41) is 6.67. The Kier molecular flexibility index (Phi) is 5.59. The Bertz CT molecular complexity index is 540. The number of hydrogen-bond acceptors (Lipinski definition) is 2. The summed E-state index contributed by atoms with van der Waals surface area (Å²) in [6, 6.07) is 17.4. The second-order valence-electron chi connectivity index (χ2n) is 4.49. The highest BCUT2D eigenvalue weighted by atomic mass is 35.5. The Morgan fingerprint density at radius 3 is 2.25 bits per heavy atom. The molecular formula is C16H17ClN2O. The first-order valence-electron chi connectivity index (χ1n) is 6.50. The van der Waals surface area contributed by atoms with Gasteiger partial charge in [0.1, 0.15) is 0 Å². The zero-order valence-electron chi connectivity index (χ0n) is 11.1. The summed E-state index contributed by atoms with van der Waals surface area (Å²) in [5.74, 6) is -0.0177. The number of hydrogen-bond donors (Lipinski definition) is 2. The van der Waals surface area contributed by atoms with Gasteiger partial charge in [0, 0.05) is 18.1 Å². The molecule has 0 fully saturated rings. The molecule has 2 aromatic rings. The molecule has 0 spiro atoms. The molecule has 0 aromatic heterocycles. The molecule has 104 valence electrons. The highest BCUT2D eigenvalue weighted by molar-refractivity contribution is 6.30. The zero-order chi connectivity index (χ0) is 14.2. The highest BCUT2D eigenvalue weighted by Crippen LogP contribution is 2.08. The monoisotopic (exact) mass is 288 g/mol. The summed E-state index contributed by atoms with van der Waals surface area (Å²) in [6.07, 6.45) is 0. The molecule has 20 heavy (non-hydrogen) atoms. The van der Waals surface area contributed by atoms with Crippen LogP contribution in [0.15, 0.2) is 54.6 Å². The Balaban J connectivity index is 1.67. The van der Waals surface area contributed by atoms with Crippen molar-refractivity contribution in [2.24, 2.45) is 0 Å². The van der Waals surface area contributed by atoms with Crippen molar-refractivity contribution in [3.05, 3.63) is 70.7 Å². The first-order chi connectivity index (χ1) is 9.74. The molecule has 3 nitrogen and oxygen atoms in total. The minimum Gasteiger partial charge on any atom is -0.351 e. The molecule has 0 saturated heterocycles. The number of carbonyl (C=O) groups is 1. The topological polar surface area (TPSA) is 41.1 Å². The largest absolute Gasteiger partial charge is 0.351 e. The minimum atomic E-state index is -0.0177. The average molecular weight is 289 g/mol. The Labute approximate surface area is 124 Å². The normalized spacial score (nSPS) is 10.2. The van der Waals surface area contributed by atoms with Gasteiger partial charge in [-0.05, 0) is 23.3 Å². The summed E-state index contributed by atoms with van der Waals surface area (Å²) in [5.41, 5.74) is 2.20. The number of amides is 1. The molecular weight excluding hydrogens is 272 g/mol. The molecule has 0 unspecified atom stereocenters. The number of nitrogens with one attached hydrogen (secondary N) is 2. The van der Waals surface area contributed by atoms with Crippen molar-refractivity contribution in [3.8, 4) is 0 Å². The van der Waals surface area contributed by atoms with Crippen molar-refractivity contribution in [1.82, 2.24) is 10.6 Å². The van der Waals surface area contributed by atoms with Crippen molar-refractivity contribution in [3.63, 3.8) is 0 Å². The lowest BCUT2D eigenvalue weighted by Gasteiger charge is -2.07. The second kappa shape index (κ2) is 7.68. The third-order valence-electron chi connectivity index (χ3n) is 2.86. The van der Waals surface area contributed by atoms with Gasteiger partial charge in [0.15, 0.2) is 0 Å². The fourth-order valence-electron chi connectivity index (χ4n) is 1.78. The lowest BCUT2D eigenvalue weighted by Crippen LogP contribution is -2.33. The molecule has 0 atom stereocenters. The van der Waals surface area contributed by atoms with Crippen LogP contribution in [0.2, 0.25) is 5.02 Å². The fraction of sp³-hybridized carbons (Fsp3) is 0.188. The van der Waals surface area contributed by atoms with Gasteiger partial charge in [-0.2, -0.15) is 0 Å². The SMILES string of the molecule is O=C(CNCc1ccccc1)NCc1ccc(Cl)cc1. The van der Waals surface area contributed by atoms with Gasteiger partial charge in [-0.25, -0.2) is 0 Å². The maximum Gasteiger partial charge on any atom is 0.234 e. The minimum absolute atomic E-state index is 0.0177. The summed E-state index contributed by atoms with van der Waals surface area (Å²) in [6.45, 7) is 1.51. The molecule has 1 amide bonds. The third-order valence-corrected chi connectivity index (χ3v) is 3.11. The summed E-state index contributed by atoms with van der Waals surface area (Å²) >= 11 is 5.80. The predicted octanol–water partition coefficient (Wildman–Crippen LogP) is 2.75. The molecule has 0 aliphatic carbocycles. The maximum absolute atomic E-state index is 11.7. The van der Waals surface area contributed by atoms with Crippen LogP contribution < -0.4 is 10.6 Å². The quantitative estimate of drug-likeness (QED) is 0.858. The van der Waals surface area contributed by atoms with E-state index in [2.05, 4.69) is 10.6 Å². The van der Waals surface area contributed by atoms with Crippen molar-refractivity contribution in [2.75, 3.05) is 6.54 Å². The predicted molar refractivity (Wildman–Crippen MR) is 81.4 cm³/mol. The summed E-state index contributed by atoms with van der Waals surface area (Å²) in [4.78, 5) is 11.7. The first-order valence-corrected chi connectivity index (χ1v) is 6.87. The van der Waals surface area contributed by atoms with E-state index in [1.807, 2.05) is 54.6 Å². The van der Waals surface area contributed by atoms with E-state index in [-0.39, 0.29) is 5.91 Å². The Hall–Kier alpha value is -1.84. The van der Waals surface area contributed by atoms with Crippen LogP contribution in [-0.4, -0.2) is 12.5 Å². The summed E-state index contributed by atoms with van der Waals surface area (Å²) in [7, 11) is 0. The molecule has 0 aliphatic rings. The molecule has 2 N–H and O–H groups in total. The van der Waals surface area contributed by atoms with E-state index in [0.29, 0.717) is 24.7 Å². The standard InChI is InChI=1S/C16H17ClN2O/c17-15-8-6-14(7-9-15)11-19-16(20)12-18-10-13-4-2-1-3-5-13/h1-9,18H,10-12H2,(H,19,20). The molecule has 2 aromatic carbocycles. The van der Waals surface area contributed by atoms with Crippen molar-refractivity contribution >= 4 is 17.5 Å². The zero-order valence-corrected chi connectivity index (χ0v) is 11.9. The molecule has 0 bridgehead atoms. The molecule has 0 radical (unpaired) electrons.